The average Bonchev–Trinajstić information content (AvgIpc) is 2.29. The van der Waals surface area contributed by atoms with Crippen molar-refractivity contribution >= 4 is 5.70 Å². The maximum atomic E-state index is 4.21. The van der Waals surface area contributed by atoms with Crippen molar-refractivity contribution in [3.8, 4) is 0 Å². The zero-order valence-electron chi connectivity index (χ0n) is 9.45. The summed E-state index contributed by atoms with van der Waals surface area (Å²) in [6.07, 6.45) is 2.66. The minimum absolute atomic E-state index is 0.805. The summed E-state index contributed by atoms with van der Waals surface area (Å²) >= 11 is 0. The topological polar surface area (TPSA) is 3.24 Å². The fourth-order valence-electron chi connectivity index (χ4n) is 2.25. The van der Waals surface area contributed by atoms with Gasteiger partial charge in [0.05, 0.1) is 0 Å². The van der Waals surface area contributed by atoms with Crippen molar-refractivity contribution < 1.29 is 0 Å². The highest BCUT2D eigenvalue weighted by Crippen LogP contribution is 2.24. The number of rotatable bonds is 2. The van der Waals surface area contributed by atoms with Crippen LogP contribution < -0.4 is 0 Å². The van der Waals surface area contributed by atoms with E-state index in [1.165, 1.54) is 24.1 Å². The normalized spacial score (nSPS) is 21.4. The molecule has 0 aromatic heterocycles. The van der Waals surface area contributed by atoms with Crippen LogP contribution in [0.1, 0.15) is 25.3 Å². The predicted molar refractivity (Wildman–Crippen MR) is 65.4 cm³/mol. The van der Waals surface area contributed by atoms with Crippen molar-refractivity contribution in [3.63, 3.8) is 0 Å². The van der Waals surface area contributed by atoms with Crippen LogP contribution in [0.25, 0.3) is 5.70 Å². The van der Waals surface area contributed by atoms with Gasteiger partial charge in [-0.2, -0.15) is 0 Å². The van der Waals surface area contributed by atoms with Gasteiger partial charge in [0.25, 0.3) is 0 Å². The van der Waals surface area contributed by atoms with E-state index in [1.54, 1.807) is 0 Å². The summed E-state index contributed by atoms with van der Waals surface area (Å²) < 4.78 is 0. The molecular formula is C14H19N. The molecule has 1 aromatic rings. The Labute approximate surface area is 92.4 Å². The Kier molecular flexibility index (Phi) is 3.10. The van der Waals surface area contributed by atoms with Crippen LogP contribution in [0.3, 0.4) is 0 Å². The van der Waals surface area contributed by atoms with Gasteiger partial charge in [0, 0.05) is 18.8 Å². The Hall–Kier alpha value is -1.24. The van der Waals surface area contributed by atoms with Crippen LogP contribution in [0.15, 0.2) is 36.9 Å². The van der Waals surface area contributed by atoms with Crippen LogP contribution in [0, 0.1) is 5.92 Å². The molecule has 0 N–H and O–H groups in total. The molecule has 15 heavy (non-hydrogen) atoms. The zero-order chi connectivity index (χ0) is 10.7. The predicted octanol–water partition coefficient (Wildman–Crippen LogP) is 3.39. The first-order valence-electron chi connectivity index (χ1n) is 5.76. The highest BCUT2D eigenvalue weighted by Gasteiger charge is 2.17. The van der Waals surface area contributed by atoms with E-state index in [4.69, 9.17) is 0 Å². The molecular weight excluding hydrogens is 182 g/mol. The minimum Gasteiger partial charge on any atom is -0.371 e. The maximum Gasteiger partial charge on any atom is 0.0366 e. The Morgan fingerprint density at radius 1 is 1.33 bits per heavy atom. The van der Waals surface area contributed by atoms with E-state index in [2.05, 4.69) is 48.7 Å². The Morgan fingerprint density at radius 3 is 2.73 bits per heavy atom. The quantitative estimate of drug-likeness (QED) is 0.709. The third-order valence-electron chi connectivity index (χ3n) is 3.15. The fraction of sp³-hybridized carbons (Fsp3) is 0.429. The molecule has 0 saturated carbocycles. The molecule has 0 bridgehead atoms. The van der Waals surface area contributed by atoms with Crippen LogP contribution in [-0.2, 0) is 0 Å². The molecule has 1 fully saturated rings. The zero-order valence-corrected chi connectivity index (χ0v) is 9.45. The summed E-state index contributed by atoms with van der Waals surface area (Å²) in [7, 11) is 0. The van der Waals surface area contributed by atoms with E-state index >= 15 is 0 Å². The van der Waals surface area contributed by atoms with Crippen LogP contribution in [0.5, 0.6) is 0 Å². The Morgan fingerprint density at radius 2 is 2.07 bits per heavy atom. The molecule has 1 aromatic carbocycles. The second kappa shape index (κ2) is 4.52. The van der Waals surface area contributed by atoms with E-state index in [0.29, 0.717) is 0 Å². The van der Waals surface area contributed by atoms with Crippen molar-refractivity contribution in [3.05, 3.63) is 42.5 Å². The van der Waals surface area contributed by atoms with Crippen LogP contribution >= 0.6 is 0 Å². The second-order valence-corrected chi connectivity index (χ2v) is 4.51. The largest absolute Gasteiger partial charge is 0.371 e. The number of piperidine rings is 1. The molecule has 0 spiro atoms. The van der Waals surface area contributed by atoms with Gasteiger partial charge in [-0.1, -0.05) is 43.8 Å². The van der Waals surface area contributed by atoms with E-state index in [-0.39, 0.29) is 0 Å². The van der Waals surface area contributed by atoms with Crippen molar-refractivity contribution in [1.29, 1.82) is 0 Å². The van der Waals surface area contributed by atoms with Crippen molar-refractivity contribution in [2.45, 2.75) is 19.8 Å². The number of hydrogen-bond acceptors (Lipinski definition) is 1. The highest BCUT2D eigenvalue weighted by molar-refractivity contribution is 5.61. The molecule has 0 radical (unpaired) electrons. The van der Waals surface area contributed by atoms with Crippen LogP contribution in [0.2, 0.25) is 0 Å². The SMILES string of the molecule is C=C(c1ccccc1)N1CCC[C@H](C)C1. The average molecular weight is 201 g/mol. The number of hydrogen-bond donors (Lipinski definition) is 0. The van der Waals surface area contributed by atoms with Gasteiger partial charge < -0.3 is 4.90 Å². The molecule has 1 nitrogen and oxygen atoms in total. The maximum absolute atomic E-state index is 4.21. The lowest BCUT2D eigenvalue weighted by molar-refractivity contribution is 0.261. The third-order valence-corrected chi connectivity index (χ3v) is 3.15. The van der Waals surface area contributed by atoms with Crippen molar-refractivity contribution in [2.75, 3.05) is 13.1 Å². The van der Waals surface area contributed by atoms with E-state index in [1.807, 2.05) is 0 Å². The number of nitrogens with zero attached hydrogens (tertiary/aromatic N) is 1. The molecule has 1 heteroatoms. The standard InChI is InChI=1S/C14H19N/c1-12-7-6-10-15(11-12)13(2)14-8-4-3-5-9-14/h3-5,8-9,12H,2,6-7,10-11H2,1H3/t12-/m0/s1. The first kappa shape index (κ1) is 10.3. The molecule has 0 unspecified atom stereocenters. The minimum atomic E-state index is 0.805. The van der Waals surface area contributed by atoms with Gasteiger partial charge in [0.15, 0.2) is 0 Å². The molecule has 1 saturated heterocycles. The van der Waals surface area contributed by atoms with Crippen molar-refractivity contribution in [2.24, 2.45) is 5.92 Å². The fourth-order valence-corrected chi connectivity index (χ4v) is 2.25. The van der Waals surface area contributed by atoms with E-state index < -0.39 is 0 Å². The van der Waals surface area contributed by atoms with E-state index in [0.717, 1.165) is 19.0 Å². The molecule has 1 aliphatic heterocycles. The molecule has 80 valence electrons. The smallest absolute Gasteiger partial charge is 0.0366 e. The molecule has 1 aliphatic rings. The molecule has 0 aliphatic carbocycles. The van der Waals surface area contributed by atoms with Gasteiger partial charge in [-0.3, -0.25) is 0 Å². The lowest BCUT2D eigenvalue weighted by Gasteiger charge is -2.34. The monoisotopic (exact) mass is 201 g/mol. The van der Waals surface area contributed by atoms with Crippen LogP contribution in [-0.4, -0.2) is 18.0 Å². The van der Waals surface area contributed by atoms with Gasteiger partial charge in [-0.25, -0.2) is 0 Å². The lowest BCUT2D eigenvalue weighted by Crippen LogP contribution is -2.32. The summed E-state index contributed by atoms with van der Waals surface area (Å²) in [4.78, 5) is 2.42. The molecule has 0 amide bonds. The van der Waals surface area contributed by atoms with Gasteiger partial charge >= 0.3 is 0 Å². The van der Waals surface area contributed by atoms with Gasteiger partial charge in [0.2, 0.25) is 0 Å². The molecule has 2 rings (SSSR count). The summed E-state index contributed by atoms with van der Waals surface area (Å²) in [5.74, 6) is 0.805. The summed E-state index contributed by atoms with van der Waals surface area (Å²) in [6.45, 7) is 8.86. The van der Waals surface area contributed by atoms with Crippen LogP contribution in [0.4, 0.5) is 0 Å². The first-order valence-corrected chi connectivity index (χ1v) is 5.76. The van der Waals surface area contributed by atoms with Gasteiger partial charge in [0.1, 0.15) is 0 Å². The Balaban J connectivity index is 2.08. The first-order chi connectivity index (χ1) is 7.27. The summed E-state index contributed by atoms with van der Waals surface area (Å²) in [5, 5.41) is 0. The van der Waals surface area contributed by atoms with Gasteiger partial charge in [-0.15, -0.1) is 0 Å². The summed E-state index contributed by atoms with van der Waals surface area (Å²) in [6, 6.07) is 10.5. The lowest BCUT2D eigenvalue weighted by atomic mass is 9.99. The van der Waals surface area contributed by atoms with Gasteiger partial charge in [-0.05, 0) is 24.3 Å². The number of likely N-dealkylation sites (tertiary alicyclic amines) is 1. The molecule has 1 heterocycles. The third kappa shape index (κ3) is 2.41. The molecule has 1 atom stereocenters. The summed E-state index contributed by atoms with van der Waals surface area (Å²) in [5.41, 5.74) is 2.44. The number of benzene rings is 1. The highest BCUT2D eigenvalue weighted by atomic mass is 15.1. The second-order valence-electron chi connectivity index (χ2n) is 4.51. The van der Waals surface area contributed by atoms with Crippen molar-refractivity contribution in [1.82, 2.24) is 4.90 Å². The Bertz CT molecular complexity index is 328. The van der Waals surface area contributed by atoms with E-state index in [9.17, 15) is 0 Å².